The van der Waals surface area contributed by atoms with Gasteiger partial charge in [-0.05, 0) is 62.6 Å². The molecule has 5 heteroatoms. The Labute approximate surface area is 165 Å². The van der Waals surface area contributed by atoms with Crippen LogP contribution in [0.2, 0.25) is 0 Å². The van der Waals surface area contributed by atoms with Crippen LogP contribution >= 0.6 is 0 Å². The highest BCUT2D eigenvalue weighted by molar-refractivity contribution is 6.01. The van der Waals surface area contributed by atoms with Gasteiger partial charge < -0.3 is 9.64 Å². The van der Waals surface area contributed by atoms with Gasteiger partial charge in [0.2, 0.25) is 11.7 Å². The second kappa shape index (κ2) is 7.97. The maximum atomic E-state index is 12.5. The van der Waals surface area contributed by atoms with E-state index in [9.17, 15) is 14.4 Å². The molecule has 1 amide bonds. The van der Waals surface area contributed by atoms with Crippen molar-refractivity contribution >= 4 is 23.3 Å². The number of nitrogens with zero attached hydrogens (tertiary/aromatic N) is 1. The molecule has 1 aliphatic rings. The molecule has 2 aromatic carbocycles. The van der Waals surface area contributed by atoms with Crippen molar-refractivity contribution in [3.63, 3.8) is 0 Å². The van der Waals surface area contributed by atoms with Crippen LogP contribution in [0.15, 0.2) is 36.4 Å². The van der Waals surface area contributed by atoms with E-state index in [2.05, 4.69) is 0 Å². The zero-order valence-electron chi connectivity index (χ0n) is 16.7. The number of rotatable bonds is 5. The lowest BCUT2D eigenvalue weighted by molar-refractivity contribution is -0.147. The normalized spacial score (nSPS) is 16.4. The molecule has 146 valence electrons. The van der Waals surface area contributed by atoms with Gasteiger partial charge in [-0.2, -0.15) is 0 Å². The summed E-state index contributed by atoms with van der Waals surface area (Å²) in [6, 6.07) is 11.4. The monoisotopic (exact) mass is 379 g/mol. The third-order valence-corrected chi connectivity index (χ3v) is 5.29. The smallest absolute Gasteiger partial charge is 0.311 e. The van der Waals surface area contributed by atoms with Crippen molar-refractivity contribution in [2.24, 2.45) is 5.92 Å². The Hall–Kier alpha value is -2.95. The van der Waals surface area contributed by atoms with Crippen molar-refractivity contribution in [3.05, 3.63) is 64.2 Å². The van der Waals surface area contributed by atoms with Crippen LogP contribution in [-0.4, -0.2) is 30.8 Å². The van der Waals surface area contributed by atoms with E-state index in [1.54, 1.807) is 4.90 Å². The summed E-state index contributed by atoms with van der Waals surface area (Å²) in [5.74, 6) is -1.39. The summed E-state index contributed by atoms with van der Waals surface area (Å²) in [6.07, 6.45) is 0.101. The number of hydrogen-bond donors (Lipinski definition) is 0. The van der Waals surface area contributed by atoms with Crippen molar-refractivity contribution in [1.29, 1.82) is 0 Å². The van der Waals surface area contributed by atoms with Crippen LogP contribution in [0.5, 0.6) is 0 Å². The van der Waals surface area contributed by atoms with Crippen LogP contribution in [0.1, 0.15) is 39.0 Å². The van der Waals surface area contributed by atoms with E-state index in [1.165, 1.54) is 0 Å². The summed E-state index contributed by atoms with van der Waals surface area (Å²) in [5.41, 5.74) is 5.45. The predicted octanol–water partition coefficient (Wildman–Crippen LogP) is 3.70. The second-order valence-corrected chi connectivity index (χ2v) is 7.52. The van der Waals surface area contributed by atoms with E-state index < -0.39 is 11.9 Å². The van der Waals surface area contributed by atoms with E-state index in [4.69, 9.17) is 4.74 Å². The van der Waals surface area contributed by atoms with Gasteiger partial charge in [0.1, 0.15) is 0 Å². The maximum absolute atomic E-state index is 12.5. The van der Waals surface area contributed by atoms with Gasteiger partial charge in [0.15, 0.2) is 6.61 Å². The van der Waals surface area contributed by atoms with Crippen LogP contribution in [0.25, 0.3) is 0 Å². The Kier molecular flexibility index (Phi) is 5.63. The molecular formula is C23H25NO4. The molecule has 5 nitrogen and oxygen atoms in total. The first-order chi connectivity index (χ1) is 13.3. The Morgan fingerprint density at radius 1 is 1.00 bits per heavy atom. The first kappa shape index (κ1) is 19.8. The number of anilines is 1. The molecule has 1 fully saturated rings. The first-order valence-electron chi connectivity index (χ1n) is 9.41. The van der Waals surface area contributed by atoms with Gasteiger partial charge >= 0.3 is 5.97 Å². The molecule has 0 spiro atoms. The topological polar surface area (TPSA) is 63.7 Å². The number of Topliss-reactive ketones (excluding diaryl/α,β-unsaturated/α-hetero) is 1. The molecule has 28 heavy (non-hydrogen) atoms. The number of ketones is 1. The highest BCUT2D eigenvalue weighted by Crippen LogP contribution is 2.26. The van der Waals surface area contributed by atoms with E-state index in [1.807, 2.05) is 64.1 Å². The highest BCUT2D eigenvalue weighted by Gasteiger charge is 2.36. The van der Waals surface area contributed by atoms with Crippen molar-refractivity contribution in [3.8, 4) is 0 Å². The molecule has 1 atom stereocenters. The van der Waals surface area contributed by atoms with Crippen LogP contribution in [0, 0.1) is 33.6 Å². The molecule has 3 rings (SSSR count). The van der Waals surface area contributed by atoms with E-state index in [0.717, 1.165) is 27.9 Å². The van der Waals surface area contributed by atoms with Gasteiger partial charge in [0, 0.05) is 24.2 Å². The van der Waals surface area contributed by atoms with Crippen molar-refractivity contribution < 1.29 is 19.1 Å². The fraction of sp³-hybridized carbons (Fsp3) is 0.348. The van der Waals surface area contributed by atoms with E-state index >= 15 is 0 Å². The average Bonchev–Trinajstić information content (AvgIpc) is 3.05. The number of benzene rings is 2. The standard InChI is InChI=1S/C23H25NO4/c1-14-5-7-19(8-6-14)24-12-18(11-22(24)26)23(27)28-13-21(25)20-10-16(3)15(2)9-17(20)4/h5-10,18H,11-13H2,1-4H3/t18-/m1/s1. The van der Waals surface area contributed by atoms with Gasteiger partial charge in [0.25, 0.3) is 0 Å². The molecule has 0 aromatic heterocycles. The van der Waals surface area contributed by atoms with Crippen molar-refractivity contribution in [2.75, 3.05) is 18.1 Å². The fourth-order valence-electron chi connectivity index (χ4n) is 3.43. The third kappa shape index (κ3) is 4.14. The van der Waals surface area contributed by atoms with Crippen molar-refractivity contribution in [2.45, 2.75) is 34.1 Å². The molecule has 0 aliphatic carbocycles. The number of amides is 1. The molecular weight excluding hydrogens is 354 g/mol. The Bertz CT molecular complexity index is 930. The summed E-state index contributed by atoms with van der Waals surface area (Å²) in [4.78, 5) is 38.8. The fourth-order valence-corrected chi connectivity index (χ4v) is 3.43. The van der Waals surface area contributed by atoms with Crippen molar-refractivity contribution in [1.82, 2.24) is 0 Å². The highest BCUT2D eigenvalue weighted by atomic mass is 16.5. The molecule has 1 heterocycles. The number of ether oxygens (including phenoxy) is 1. The molecule has 0 N–H and O–H groups in total. The summed E-state index contributed by atoms with van der Waals surface area (Å²) < 4.78 is 5.25. The summed E-state index contributed by atoms with van der Waals surface area (Å²) in [7, 11) is 0. The van der Waals surface area contributed by atoms with Gasteiger partial charge in [0.05, 0.1) is 5.92 Å². The van der Waals surface area contributed by atoms with Crippen LogP contribution < -0.4 is 4.90 Å². The van der Waals surface area contributed by atoms with Gasteiger partial charge in [-0.15, -0.1) is 0 Å². The van der Waals surface area contributed by atoms with Crippen LogP contribution in [-0.2, 0) is 14.3 Å². The lowest BCUT2D eigenvalue weighted by atomic mass is 9.98. The lowest BCUT2D eigenvalue weighted by Gasteiger charge is -2.16. The summed E-state index contributed by atoms with van der Waals surface area (Å²) in [6.45, 7) is 7.75. The SMILES string of the molecule is Cc1ccc(N2C[C@H](C(=O)OCC(=O)c3cc(C)c(C)cc3C)CC2=O)cc1. The van der Waals surface area contributed by atoms with E-state index in [-0.39, 0.29) is 31.3 Å². The first-order valence-corrected chi connectivity index (χ1v) is 9.41. The van der Waals surface area contributed by atoms with Crippen LogP contribution in [0.4, 0.5) is 5.69 Å². The predicted molar refractivity (Wildman–Crippen MR) is 108 cm³/mol. The van der Waals surface area contributed by atoms with Gasteiger partial charge in [-0.1, -0.05) is 23.8 Å². The largest absolute Gasteiger partial charge is 0.457 e. The molecule has 2 aromatic rings. The molecule has 1 aliphatic heterocycles. The molecule has 1 saturated heterocycles. The zero-order valence-corrected chi connectivity index (χ0v) is 16.7. The Balaban J connectivity index is 1.61. The van der Waals surface area contributed by atoms with Gasteiger partial charge in [-0.3, -0.25) is 14.4 Å². The lowest BCUT2D eigenvalue weighted by Crippen LogP contribution is -2.27. The average molecular weight is 379 g/mol. The summed E-state index contributed by atoms with van der Waals surface area (Å²) >= 11 is 0. The minimum Gasteiger partial charge on any atom is -0.457 e. The molecule has 0 unspecified atom stereocenters. The molecule has 0 saturated carbocycles. The third-order valence-electron chi connectivity index (χ3n) is 5.29. The zero-order chi connectivity index (χ0) is 20.4. The minimum absolute atomic E-state index is 0.101. The van der Waals surface area contributed by atoms with E-state index in [0.29, 0.717) is 5.56 Å². The van der Waals surface area contributed by atoms with Gasteiger partial charge in [-0.25, -0.2) is 0 Å². The minimum atomic E-state index is -0.553. The number of aryl methyl sites for hydroxylation is 4. The molecule has 0 radical (unpaired) electrons. The second-order valence-electron chi connectivity index (χ2n) is 7.52. The number of hydrogen-bond acceptors (Lipinski definition) is 4. The maximum Gasteiger partial charge on any atom is 0.311 e. The number of carbonyl (C=O) groups is 3. The Morgan fingerprint density at radius 2 is 1.64 bits per heavy atom. The Morgan fingerprint density at radius 3 is 2.32 bits per heavy atom. The molecule has 0 bridgehead atoms. The van der Waals surface area contributed by atoms with Crippen LogP contribution in [0.3, 0.4) is 0 Å². The quantitative estimate of drug-likeness (QED) is 0.587. The summed E-state index contributed by atoms with van der Waals surface area (Å²) in [5, 5.41) is 0. The number of carbonyl (C=O) groups excluding carboxylic acids is 3. The number of esters is 1.